The molecule has 1 unspecified atom stereocenters. The van der Waals surface area contributed by atoms with E-state index >= 15 is 0 Å². The molecule has 0 spiro atoms. The fourth-order valence-corrected chi connectivity index (χ4v) is 5.69. The molecule has 2 aromatic heterocycles. The van der Waals surface area contributed by atoms with Gasteiger partial charge in [0, 0.05) is 49.3 Å². The van der Waals surface area contributed by atoms with E-state index < -0.39 is 36.6 Å². The second kappa shape index (κ2) is 9.20. The minimum Gasteiger partial charge on any atom is -0.334 e. The molecule has 9 nitrogen and oxygen atoms in total. The Morgan fingerprint density at radius 1 is 1.05 bits per heavy atom. The zero-order valence-electron chi connectivity index (χ0n) is 20.2. The Balaban J connectivity index is 1.16. The Bertz CT molecular complexity index is 1300. The zero-order valence-corrected chi connectivity index (χ0v) is 20.2. The molecular formula is C26H27F2N7O2. The molecule has 37 heavy (non-hydrogen) atoms. The summed E-state index contributed by atoms with van der Waals surface area (Å²) in [5.74, 6) is -2.85. The minimum atomic E-state index is -3.02. The van der Waals surface area contributed by atoms with Crippen molar-refractivity contribution in [3.8, 4) is 0 Å². The molecule has 192 valence electrons. The summed E-state index contributed by atoms with van der Waals surface area (Å²) in [5, 5.41) is 10.5. The number of nitrogens with zero attached hydrogens (tertiary/aromatic N) is 5. The maximum Gasteiger partial charge on any atom is 0.265 e. The molecule has 11 heteroatoms. The first-order chi connectivity index (χ1) is 17.9. The third-order valence-corrected chi connectivity index (χ3v) is 7.38. The van der Waals surface area contributed by atoms with Crippen molar-refractivity contribution in [3.63, 3.8) is 0 Å². The Kier molecular flexibility index (Phi) is 5.85. The first-order valence-corrected chi connectivity index (χ1v) is 12.6. The summed E-state index contributed by atoms with van der Waals surface area (Å²) in [4.78, 5) is 36.7. The third-order valence-electron chi connectivity index (χ3n) is 7.38. The van der Waals surface area contributed by atoms with Gasteiger partial charge in [0.15, 0.2) is 5.82 Å². The molecule has 4 heterocycles. The lowest BCUT2D eigenvalue weighted by Crippen LogP contribution is -2.51. The molecule has 2 N–H and O–H groups in total. The molecule has 2 aliphatic heterocycles. The number of halogens is 2. The van der Waals surface area contributed by atoms with Gasteiger partial charge in [-0.1, -0.05) is 25.0 Å². The third kappa shape index (κ3) is 4.65. The van der Waals surface area contributed by atoms with Crippen LogP contribution in [0.15, 0.2) is 42.6 Å². The highest BCUT2D eigenvalue weighted by molar-refractivity contribution is 6.21. The maximum atomic E-state index is 14.8. The van der Waals surface area contributed by atoms with Crippen LogP contribution in [0.1, 0.15) is 64.4 Å². The van der Waals surface area contributed by atoms with E-state index in [-0.39, 0.29) is 19.0 Å². The zero-order chi connectivity index (χ0) is 25.6. The van der Waals surface area contributed by atoms with Gasteiger partial charge >= 0.3 is 0 Å². The number of imide groups is 1. The number of nitrogens with one attached hydrogen (secondary N) is 2. The smallest absolute Gasteiger partial charge is 0.265 e. The summed E-state index contributed by atoms with van der Waals surface area (Å²) in [6.45, 7) is -0.433. The van der Waals surface area contributed by atoms with Gasteiger partial charge in [0.1, 0.15) is 5.82 Å². The van der Waals surface area contributed by atoms with Crippen LogP contribution in [0.25, 0.3) is 0 Å². The minimum absolute atomic E-state index is 0.0897. The highest BCUT2D eigenvalue weighted by Crippen LogP contribution is 2.35. The number of aromatic amines is 1. The largest absolute Gasteiger partial charge is 0.334 e. The van der Waals surface area contributed by atoms with E-state index in [4.69, 9.17) is 0 Å². The molecule has 1 atom stereocenters. The first kappa shape index (κ1) is 23.5. The van der Waals surface area contributed by atoms with Crippen LogP contribution in [0.3, 0.4) is 0 Å². The molecule has 3 aromatic rings. The van der Waals surface area contributed by atoms with Gasteiger partial charge < -0.3 is 10.2 Å². The van der Waals surface area contributed by atoms with Crippen molar-refractivity contribution in [3.05, 3.63) is 59.4 Å². The molecular weight excluding hydrogens is 480 g/mol. The van der Waals surface area contributed by atoms with Gasteiger partial charge in [-0.3, -0.25) is 19.6 Å². The monoisotopic (exact) mass is 507 g/mol. The van der Waals surface area contributed by atoms with Crippen LogP contribution in [0.4, 0.5) is 26.4 Å². The average molecular weight is 508 g/mol. The second-order valence-electron chi connectivity index (χ2n) is 10.1. The molecule has 0 bridgehead atoms. The number of hydrogen-bond acceptors (Lipinski definition) is 7. The predicted octanol–water partition coefficient (Wildman–Crippen LogP) is 4.36. The summed E-state index contributed by atoms with van der Waals surface area (Å²) in [5.41, 5.74) is 1.70. The standard InChI is InChI=1S/C26H27F2N7O2/c27-26(28)12-16(14-35-23(36)18-7-3-4-8-19(18)24(35)37)13-34(15-26)25-29-10-9-21(31-25)30-22-11-20(32-33-22)17-5-1-2-6-17/h3-4,7-11,16-17H,1-2,5-6,12-15H2,(H2,29,30,31,32,33). The highest BCUT2D eigenvalue weighted by atomic mass is 19.3. The van der Waals surface area contributed by atoms with Crippen LogP contribution >= 0.6 is 0 Å². The number of rotatable bonds is 6. The summed E-state index contributed by atoms with van der Waals surface area (Å²) in [6, 6.07) is 10.2. The van der Waals surface area contributed by atoms with Crippen molar-refractivity contribution in [1.82, 2.24) is 25.1 Å². The van der Waals surface area contributed by atoms with Crippen molar-refractivity contribution in [2.24, 2.45) is 5.92 Å². The highest BCUT2D eigenvalue weighted by Gasteiger charge is 2.44. The fourth-order valence-electron chi connectivity index (χ4n) is 5.69. The number of H-pyrrole nitrogens is 1. The normalized spacial score (nSPS) is 21.5. The fraction of sp³-hybridized carbons (Fsp3) is 0.423. The molecule has 6 rings (SSSR count). The average Bonchev–Trinajstić information content (AvgIpc) is 3.62. The molecule has 1 aliphatic carbocycles. The van der Waals surface area contributed by atoms with Crippen LogP contribution in [0.5, 0.6) is 0 Å². The van der Waals surface area contributed by atoms with Crippen molar-refractivity contribution in [2.75, 3.05) is 29.9 Å². The quantitative estimate of drug-likeness (QED) is 0.478. The molecule has 2 fully saturated rings. The van der Waals surface area contributed by atoms with E-state index in [1.54, 1.807) is 30.3 Å². The van der Waals surface area contributed by atoms with Crippen LogP contribution in [0, 0.1) is 5.92 Å². The molecule has 1 aromatic carbocycles. The number of hydrogen-bond donors (Lipinski definition) is 2. The van der Waals surface area contributed by atoms with E-state index in [1.807, 2.05) is 6.07 Å². The lowest BCUT2D eigenvalue weighted by Gasteiger charge is -2.38. The predicted molar refractivity (Wildman–Crippen MR) is 132 cm³/mol. The van der Waals surface area contributed by atoms with Crippen LogP contribution in [-0.4, -0.2) is 62.4 Å². The number of benzene rings is 1. The number of piperidine rings is 1. The van der Waals surface area contributed by atoms with Gasteiger partial charge in [-0.25, -0.2) is 13.8 Å². The Morgan fingerprint density at radius 2 is 1.78 bits per heavy atom. The number of fused-ring (bicyclic) bond motifs is 1. The topological polar surface area (TPSA) is 107 Å². The molecule has 1 saturated heterocycles. The Morgan fingerprint density at radius 3 is 2.51 bits per heavy atom. The lowest BCUT2D eigenvalue weighted by atomic mass is 9.94. The first-order valence-electron chi connectivity index (χ1n) is 12.6. The van der Waals surface area contributed by atoms with E-state index in [0.717, 1.165) is 23.4 Å². The lowest BCUT2D eigenvalue weighted by molar-refractivity contribution is -0.0327. The Hall–Kier alpha value is -3.89. The molecule has 1 saturated carbocycles. The van der Waals surface area contributed by atoms with Crippen molar-refractivity contribution < 1.29 is 18.4 Å². The van der Waals surface area contributed by atoms with E-state index in [2.05, 4.69) is 25.5 Å². The SMILES string of the molecule is O=C1c2ccccc2C(=O)N1CC1CN(c2nccc(Nc3cc(C4CCCC4)[nH]n3)n2)CC(F)(F)C1. The maximum absolute atomic E-state index is 14.8. The van der Waals surface area contributed by atoms with Gasteiger partial charge in [0.05, 0.1) is 17.7 Å². The van der Waals surface area contributed by atoms with Gasteiger partial charge in [0.2, 0.25) is 5.95 Å². The number of anilines is 3. The van der Waals surface area contributed by atoms with Gasteiger partial charge in [-0.05, 0) is 31.0 Å². The Labute approximate surface area is 212 Å². The van der Waals surface area contributed by atoms with Gasteiger partial charge in [-0.15, -0.1) is 0 Å². The number of carbonyl (C=O) groups excluding carboxylic acids is 2. The van der Waals surface area contributed by atoms with Crippen LogP contribution in [-0.2, 0) is 0 Å². The van der Waals surface area contributed by atoms with E-state index in [9.17, 15) is 18.4 Å². The number of amides is 2. The summed E-state index contributed by atoms with van der Waals surface area (Å²) in [7, 11) is 0. The summed E-state index contributed by atoms with van der Waals surface area (Å²) >= 11 is 0. The van der Waals surface area contributed by atoms with Crippen LogP contribution < -0.4 is 10.2 Å². The van der Waals surface area contributed by atoms with Gasteiger partial charge in [-0.2, -0.15) is 10.1 Å². The van der Waals surface area contributed by atoms with Crippen molar-refractivity contribution in [1.29, 1.82) is 0 Å². The van der Waals surface area contributed by atoms with Crippen molar-refractivity contribution >= 4 is 29.4 Å². The number of alkyl halides is 2. The second-order valence-corrected chi connectivity index (χ2v) is 10.1. The van der Waals surface area contributed by atoms with Gasteiger partial charge in [0.25, 0.3) is 17.7 Å². The van der Waals surface area contributed by atoms with E-state index in [0.29, 0.717) is 28.7 Å². The number of aromatic nitrogens is 4. The molecule has 2 amide bonds. The van der Waals surface area contributed by atoms with Crippen molar-refractivity contribution in [2.45, 2.75) is 43.9 Å². The summed E-state index contributed by atoms with van der Waals surface area (Å²) < 4.78 is 29.6. The summed E-state index contributed by atoms with van der Waals surface area (Å²) in [6.07, 6.45) is 5.81. The van der Waals surface area contributed by atoms with Crippen LogP contribution in [0.2, 0.25) is 0 Å². The van der Waals surface area contributed by atoms with E-state index in [1.165, 1.54) is 23.9 Å². The molecule has 0 radical (unpaired) electrons. The molecule has 3 aliphatic rings. The number of carbonyl (C=O) groups is 2.